The van der Waals surface area contributed by atoms with E-state index in [-0.39, 0.29) is 34.4 Å². The van der Waals surface area contributed by atoms with Gasteiger partial charge in [-0.3, -0.25) is 33.6 Å². The van der Waals surface area contributed by atoms with Crippen LogP contribution in [0.1, 0.15) is 113 Å². The largest absolute Gasteiger partial charge is 0.467 e. The van der Waals surface area contributed by atoms with Gasteiger partial charge in [0.25, 0.3) is 0 Å². The number of carbonyl (C=O) groups excluding carboxylic acids is 9. The summed E-state index contributed by atoms with van der Waals surface area (Å²) in [4.78, 5) is 114. The molecule has 21 heteroatoms. The fraction of sp³-hybridized carbons (Fsp3) is 0.809. The van der Waals surface area contributed by atoms with Gasteiger partial charge in [-0.2, -0.15) is 0 Å². The summed E-state index contributed by atoms with van der Waals surface area (Å²) in [5.74, 6) is -6.10. The van der Waals surface area contributed by atoms with E-state index in [2.05, 4.69) is 13.8 Å². The second-order valence-corrected chi connectivity index (χ2v) is 19.5. The average Bonchev–Trinajstić information content (AvgIpc) is 3.62. The number of fused-ring (bicyclic) bond motifs is 5. The van der Waals surface area contributed by atoms with Crippen LogP contribution < -0.4 is 0 Å². The number of Topliss-reactive ketones (excluding diaryl/α,β-unsaturated/α-hetero) is 1. The Morgan fingerprint density at radius 3 is 1.44 bits per heavy atom. The van der Waals surface area contributed by atoms with E-state index in [1.165, 1.54) is 0 Å². The topological polar surface area (TPSA) is 264 Å². The summed E-state index contributed by atoms with van der Waals surface area (Å²) in [7, 11) is 2.22. The molecule has 0 aromatic heterocycles. The molecule has 6 aliphatic rings. The monoisotopic (exact) mass is 966 g/mol. The van der Waals surface area contributed by atoms with Crippen LogP contribution in [0.5, 0.6) is 0 Å². The summed E-state index contributed by atoms with van der Waals surface area (Å²) in [5, 5.41) is 0. The molecule has 0 aromatic carbocycles. The van der Waals surface area contributed by atoms with Crippen LogP contribution in [0.3, 0.4) is 0 Å². The van der Waals surface area contributed by atoms with Gasteiger partial charge in [0.05, 0.1) is 20.3 Å². The third-order valence-corrected chi connectivity index (χ3v) is 15.4. The zero-order chi connectivity index (χ0) is 50.0. The highest BCUT2D eigenvalue weighted by Crippen LogP contribution is 2.67. The van der Waals surface area contributed by atoms with Crippen LogP contribution in [0.4, 0.5) is 0 Å². The number of ether oxygens (including phenoxy) is 12. The molecule has 0 N–H and O–H groups in total. The predicted molar refractivity (Wildman–Crippen MR) is 226 cm³/mol. The van der Waals surface area contributed by atoms with Crippen molar-refractivity contribution in [3.8, 4) is 0 Å². The lowest BCUT2D eigenvalue weighted by Crippen LogP contribution is -2.64. The molecule has 0 bridgehead atoms. The minimum atomic E-state index is -1.65. The van der Waals surface area contributed by atoms with Crippen molar-refractivity contribution < 1.29 is 100.0 Å². The lowest BCUT2D eigenvalue weighted by atomic mass is 9.44. The van der Waals surface area contributed by atoms with E-state index in [0.29, 0.717) is 31.1 Å². The van der Waals surface area contributed by atoms with Gasteiger partial charge in [0.2, 0.25) is 0 Å². The van der Waals surface area contributed by atoms with Gasteiger partial charge < -0.3 is 56.8 Å². The van der Waals surface area contributed by atoms with Crippen molar-refractivity contribution in [2.75, 3.05) is 20.8 Å². The fourth-order valence-electron chi connectivity index (χ4n) is 12.7. The van der Waals surface area contributed by atoms with Gasteiger partial charge in [-0.25, -0.2) is 9.59 Å². The molecule has 18 atom stereocenters. The molecule has 18 unspecified atom stereocenters. The summed E-state index contributed by atoms with van der Waals surface area (Å²) in [5.41, 5.74) is -0.429. The third kappa shape index (κ3) is 11.0. The van der Waals surface area contributed by atoms with E-state index in [4.69, 9.17) is 56.8 Å². The second kappa shape index (κ2) is 21.5. The Morgan fingerprint density at radius 1 is 0.500 bits per heavy atom. The first-order chi connectivity index (χ1) is 32.0. The van der Waals surface area contributed by atoms with E-state index in [9.17, 15) is 43.2 Å². The quantitative estimate of drug-likeness (QED) is 0.138. The molecular weight excluding hydrogens is 900 g/mol. The molecule has 2 heterocycles. The van der Waals surface area contributed by atoms with Crippen molar-refractivity contribution >= 4 is 53.5 Å². The van der Waals surface area contributed by atoms with E-state index in [1.807, 2.05) is 0 Å². The Balaban J connectivity index is 1.14. The zero-order valence-corrected chi connectivity index (χ0v) is 40.4. The van der Waals surface area contributed by atoms with E-state index >= 15 is 0 Å². The number of esters is 8. The van der Waals surface area contributed by atoms with Gasteiger partial charge in [0.1, 0.15) is 6.61 Å². The Hall–Kier alpha value is -4.73. The predicted octanol–water partition coefficient (Wildman–Crippen LogP) is 3.00. The van der Waals surface area contributed by atoms with Crippen LogP contribution in [-0.2, 0) is 100.0 Å². The Labute approximate surface area is 394 Å². The second-order valence-electron chi connectivity index (χ2n) is 19.5. The number of methoxy groups -OCH3 is 2. The van der Waals surface area contributed by atoms with Gasteiger partial charge in [-0.1, -0.05) is 13.8 Å². The molecule has 21 nitrogen and oxygen atoms in total. The molecule has 380 valence electrons. The number of rotatable bonds is 14. The van der Waals surface area contributed by atoms with Crippen LogP contribution >= 0.6 is 0 Å². The van der Waals surface area contributed by atoms with Gasteiger partial charge in [-0.15, -0.1) is 0 Å². The molecular formula is C47H66O21. The van der Waals surface area contributed by atoms with Crippen molar-refractivity contribution in [2.24, 2.45) is 40.4 Å². The first-order valence-electron chi connectivity index (χ1n) is 23.3. The fourth-order valence-corrected chi connectivity index (χ4v) is 12.7. The molecule has 6 fully saturated rings. The lowest BCUT2D eigenvalue weighted by Gasteiger charge is -2.61. The summed E-state index contributed by atoms with van der Waals surface area (Å²) < 4.78 is 67.2. The Morgan fingerprint density at radius 2 is 0.941 bits per heavy atom. The van der Waals surface area contributed by atoms with Crippen LogP contribution in [0.15, 0.2) is 0 Å². The van der Waals surface area contributed by atoms with Gasteiger partial charge in [0.15, 0.2) is 67.2 Å². The summed E-state index contributed by atoms with van der Waals surface area (Å²) in [6.07, 6.45) is -8.57. The maximum atomic E-state index is 14.3. The highest BCUT2D eigenvalue weighted by Gasteiger charge is 2.63. The van der Waals surface area contributed by atoms with Gasteiger partial charge in [-0.05, 0) is 92.3 Å². The standard InChI is InChI=1S/C47H66O21/c1-21(48)60-34-36(62-23(3)50)40(64-25(5)52)44(67-38(34)42(55)57-9)59-20-33(54)32-14-13-30-29-12-11-27-19-28(15-17-46(27,7)31(29)16-18-47(30,32)8)66-45-41(65-26(6)53)37(63-24(4)51)35(61-22(2)49)39(68-45)43(56)58-10/h27-32,34-41,44-45H,11-20H2,1-10H3. The summed E-state index contributed by atoms with van der Waals surface area (Å²) in [6, 6.07) is 0. The number of hydrogen-bond donors (Lipinski definition) is 0. The molecule has 0 aromatic rings. The lowest BCUT2D eigenvalue weighted by molar-refractivity contribution is -0.315. The van der Waals surface area contributed by atoms with Crippen molar-refractivity contribution in [1.29, 1.82) is 0 Å². The minimum absolute atomic E-state index is 0.0735. The van der Waals surface area contributed by atoms with Crippen molar-refractivity contribution in [3.63, 3.8) is 0 Å². The Bertz CT molecular complexity index is 1950. The van der Waals surface area contributed by atoms with Gasteiger partial charge in [0, 0.05) is 47.5 Å². The SMILES string of the molecule is COC(=O)C1OC(OCC(=O)C2CCC3C4CCC5CC(OC6OC(C(=O)OC)C(OC(C)=O)C(OC(C)=O)C6OC(C)=O)CCC5(C)C4CCC23C)C(OC(C)=O)C(OC(C)=O)C1OC(C)=O. The van der Waals surface area contributed by atoms with Crippen LogP contribution in [0, 0.1) is 40.4 Å². The number of carbonyl (C=O) groups is 9. The number of hydrogen-bond acceptors (Lipinski definition) is 21. The molecule has 68 heavy (non-hydrogen) atoms. The minimum Gasteiger partial charge on any atom is -0.467 e. The van der Waals surface area contributed by atoms with Crippen LogP contribution in [0.2, 0.25) is 0 Å². The molecule has 0 spiro atoms. The maximum absolute atomic E-state index is 14.3. The van der Waals surface area contributed by atoms with Crippen molar-refractivity contribution in [2.45, 2.75) is 181 Å². The molecule has 2 aliphatic heterocycles. The Kier molecular flexibility index (Phi) is 16.6. The number of ketones is 1. The van der Waals surface area contributed by atoms with Crippen LogP contribution in [-0.4, -0.2) is 142 Å². The first kappa shape index (κ1) is 52.6. The highest BCUT2D eigenvalue weighted by atomic mass is 16.8. The zero-order valence-electron chi connectivity index (χ0n) is 40.4. The molecule has 4 saturated carbocycles. The van der Waals surface area contributed by atoms with Crippen LogP contribution in [0.25, 0.3) is 0 Å². The smallest absolute Gasteiger partial charge is 0.339 e. The summed E-state index contributed by atoms with van der Waals surface area (Å²) >= 11 is 0. The summed E-state index contributed by atoms with van der Waals surface area (Å²) in [6.45, 7) is 10.7. The third-order valence-electron chi connectivity index (χ3n) is 15.4. The molecule has 4 aliphatic carbocycles. The normalized spacial score (nSPS) is 39.5. The molecule has 0 radical (unpaired) electrons. The highest BCUT2D eigenvalue weighted by molar-refractivity contribution is 5.83. The van der Waals surface area contributed by atoms with Crippen molar-refractivity contribution in [3.05, 3.63) is 0 Å². The molecule has 6 rings (SSSR count). The average molecular weight is 967 g/mol. The molecule has 2 saturated heterocycles. The first-order valence-corrected chi connectivity index (χ1v) is 23.3. The van der Waals surface area contributed by atoms with E-state index in [1.54, 1.807) is 0 Å². The molecule has 0 amide bonds. The van der Waals surface area contributed by atoms with Gasteiger partial charge >= 0.3 is 47.8 Å². The maximum Gasteiger partial charge on any atom is 0.339 e. The van der Waals surface area contributed by atoms with Crippen molar-refractivity contribution in [1.82, 2.24) is 0 Å². The van der Waals surface area contributed by atoms with E-state index in [0.717, 1.165) is 94.3 Å². The van der Waals surface area contributed by atoms with E-state index < -0.39 is 122 Å².